The first-order valence-electron chi connectivity index (χ1n) is 10.6. The molecule has 1 saturated heterocycles. The molecular formula is C23H28N2O6S. The van der Waals surface area contributed by atoms with Gasteiger partial charge in [-0.2, -0.15) is 4.31 Å². The summed E-state index contributed by atoms with van der Waals surface area (Å²) in [5.74, 6) is -0.269. The van der Waals surface area contributed by atoms with E-state index in [2.05, 4.69) is 0 Å². The van der Waals surface area contributed by atoms with E-state index in [-0.39, 0.29) is 54.9 Å². The standard InChI is InChI=1S/C23H28N2O6S/c1-2-31-22-16-19(8-9-21(22)27)20(26)10-11-23(28)24-12-14-25(15-13-24)32(29,30)17-18-6-4-3-5-7-18/h3-9,16,27H,2,10-15,17H2,1H3. The smallest absolute Gasteiger partial charge is 0.223 e. The van der Waals surface area contributed by atoms with E-state index in [1.165, 1.54) is 22.5 Å². The summed E-state index contributed by atoms with van der Waals surface area (Å²) in [6, 6.07) is 13.4. The Morgan fingerprint density at radius 3 is 2.34 bits per heavy atom. The molecule has 32 heavy (non-hydrogen) atoms. The van der Waals surface area contributed by atoms with Crippen LogP contribution in [0.1, 0.15) is 35.7 Å². The van der Waals surface area contributed by atoms with Crippen LogP contribution in [0.25, 0.3) is 0 Å². The van der Waals surface area contributed by atoms with Crippen molar-refractivity contribution < 1.29 is 27.9 Å². The van der Waals surface area contributed by atoms with Crippen LogP contribution in [0.5, 0.6) is 11.5 Å². The molecule has 2 aromatic rings. The van der Waals surface area contributed by atoms with Gasteiger partial charge in [0.05, 0.1) is 12.4 Å². The number of hydrogen-bond acceptors (Lipinski definition) is 6. The Labute approximate surface area is 188 Å². The number of sulfonamides is 1. The fourth-order valence-electron chi connectivity index (χ4n) is 3.57. The van der Waals surface area contributed by atoms with Gasteiger partial charge >= 0.3 is 0 Å². The molecule has 9 heteroatoms. The molecule has 8 nitrogen and oxygen atoms in total. The molecule has 172 valence electrons. The number of carbonyl (C=O) groups is 2. The zero-order valence-corrected chi connectivity index (χ0v) is 18.9. The van der Waals surface area contributed by atoms with Gasteiger partial charge in [-0.05, 0) is 30.7 Å². The van der Waals surface area contributed by atoms with Crippen LogP contribution in [0, 0.1) is 0 Å². The van der Waals surface area contributed by atoms with Gasteiger partial charge in [0.15, 0.2) is 17.3 Å². The lowest BCUT2D eigenvalue weighted by molar-refractivity contribution is -0.132. The van der Waals surface area contributed by atoms with Gasteiger partial charge < -0.3 is 14.7 Å². The van der Waals surface area contributed by atoms with Gasteiger partial charge in [-0.3, -0.25) is 9.59 Å². The average molecular weight is 461 g/mol. The van der Waals surface area contributed by atoms with Crippen LogP contribution in [-0.4, -0.2) is 67.2 Å². The molecule has 1 fully saturated rings. The van der Waals surface area contributed by atoms with Crippen molar-refractivity contribution in [1.82, 2.24) is 9.21 Å². The van der Waals surface area contributed by atoms with E-state index in [9.17, 15) is 23.1 Å². The molecule has 0 aromatic heterocycles. The molecule has 0 atom stereocenters. The average Bonchev–Trinajstić information content (AvgIpc) is 2.79. The summed E-state index contributed by atoms with van der Waals surface area (Å²) in [4.78, 5) is 26.6. The van der Waals surface area contributed by atoms with E-state index < -0.39 is 10.0 Å². The number of phenolic OH excluding ortho intramolecular Hbond substituents is 1. The molecule has 0 spiro atoms. The molecule has 1 amide bonds. The minimum atomic E-state index is -3.45. The maximum atomic E-state index is 12.7. The molecule has 1 heterocycles. The summed E-state index contributed by atoms with van der Waals surface area (Å²) in [6.07, 6.45) is 0.0716. The summed E-state index contributed by atoms with van der Waals surface area (Å²) in [5, 5.41) is 9.75. The zero-order chi connectivity index (χ0) is 23.1. The minimum absolute atomic E-state index is 0.0295. The van der Waals surface area contributed by atoms with Crippen LogP contribution in [0.4, 0.5) is 0 Å². The number of piperazine rings is 1. The van der Waals surface area contributed by atoms with Crippen molar-refractivity contribution in [3.05, 3.63) is 59.7 Å². The highest BCUT2D eigenvalue weighted by atomic mass is 32.2. The van der Waals surface area contributed by atoms with E-state index in [4.69, 9.17) is 4.74 Å². The Bertz CT molecular complexity index is 1050. The van der Waals surface area contributed by atoms with Crippen molar-refractivity contribution in [1.29, 1.82) is 0 Å². The van der Waals surface area contributed by atoms with Crippen LogP contribution in [-0.2, 0) is 20.6 Å². The predicted octanol–water partition coefficient (Wildman–Crippen LogP) is 2.43. The van der Waals surface area contributed by atoms with Crippen LogP contribution in [0.3, 0.4) is 0 Å². The highest BCUT2D eigenvalue weighted by Crippen LogP contribution is 2.27. The summed E-state index contributed by atoms with van der Waals surface area (Å²) in [6.45, 7) is 3.22. The van der Waals surface area contributed by atoms with E-state index >= 15 is 0 Å². The largest absolute Gasteiger partial charge is 0.504 e. The minimum Gasteiger partial charge on any atom is -0.504 e. The van der Waals surface area contributed by atoms with E-state index in [0.29, 0.717) is 25.3 Å². The van der Waals surface area contributed by atoms with Gasteiger partial charge in [-0.15, -0.1) is 0 Å². The lowest BCUT2D eigenvalue weighted by Gasteiger charge is -2.34. The molecule has 0 bridgehead atoms. The Morgan fingerprint density at radius 2 is 1.69 bits per heavy atom. The maximum Gasteiger partial charge on any atom is 0.223 e. The fourth-order valence-corrected chi connectivity index (χ4v) is 5.09. The van der Waals surface area contributed by atoms with Crippen molar-refractivity contribution in [2.24, 2.45) is 0 Å². The highest BCUT2D eigenvalue weighted by Gasteiger charge is 2.29. The van der Waals surface area contributed by atoms with E-state index in [1.54, 1.807) is 36.1 Å². The number of nitrogens with zero attached hydrogens (tertiary/aromatic N) is 2. The number of rotatable bonds is 9. The summed E-state index contributed by atoms with van der Waals surface area (Å²) in [5.41, 5.74) is 1.10. The van der Waals surface area contributed by atoms with Crippen LogP contribution in [0.2, 0.25) is 0 Å². The first kappa shape index (κ1) is 23.7. The topological polar surface area (TPSA) is 104 Å². The number of amides is 1. The third kappa shape index (κ3) is 6.08. The molecule has 2 aromatic carbocycles. The SMILES string of the molecule is CCOc1cc(C(=O)CCC(=O)N2CCN(S(=O)(=O)Cc3ccccc3)CC2)ccc1O. The molecule has 0 radical (unpaired) electrons. The number of hydrogen-bond donors (Lipinski definition) is 1. The van der Waals surface area contributed by atoms with Gasteiger partial charge in [0.25, 0.3) is 0 Å². The first-order valence-corrected chi connectivity index (χ1v) is 12.2. The van der Waals surface area contributed by atoms with Gasteiger partial charge in [0, 0.05) is 44.6 Å². The Morgan fingerprint density at radius 1 is 1.00 bits per heavy atom. The first-order chi connectivity index (χ1) is 15.3. The summed E-state index contributed by atoms with van der Waals surface area (Å²) < 4.78 is 32.0. The number of aromatic hydroxyl groups is 1. The third-order valence-corrected chi connectivity index (χ3v) is 7.17. The lowest BCUT2D eigenvalue weighted by Crippen LogP contribution is -2.50. The Kier molecular flexibility index (Phi) is 7.87. The third-order valence-electron chi connectivity index (χ3n) is 5.32. The van der Waals surface area contributed by atoms with Crippen molar-refractivity contribution in [3.8, 4) is 11.5 Å². The van der Waals surface area contributed by atoms with Crippen molar-refractivity contribution in [2.45, 2.75) is 25.5 Å². The Hall–Kier alpha value is -2.91. The monoisotopic (exact) mass is 460 g/mol. The Balaban J connectivity index is 1.49. The van der Waals surface area contributed by atoms with Crippen molar-refractivity contribution in [2.75, 3.05) is 32.8 Å². The van der Waals surface area contributed by atoms with Crippen LogP contribution >= 0.6 is 0 Å². The van der Waals surface area contributed by atoms with Gasteiger partial charge in [-0.1, -0.05) is 30.3 Å². The predicted molar refractivity (Wildman–Crippen MR) is 120 cm³/mol. The number of Topliss-reactive ketones (excluding diaryl/α,β-unsaturated/α-hetero) is 1. The van der Waals surface area contributed by atoms with E-state index in [1.807, 2.05) is 6.07 Å². The van der Waals surface area contributed by atoms with Crippen molar-refractivity contribution in [3.63, 3.8) is 0 Å². The molecular weight excluding hydrogens is 432 g/mol. The lowest BCUT2D eigenvalue weighted by atomic mass is 10.1. The molecule has 0 unspecified atom stereocenters. The van der Waals surface area contributed by atoms with Gasteiger partial charge in [0.1, 0.15) is 0 Å². The van der Waals surface area contributed by atoms with Crippen LogP contribution < -0.4 is 4.74 Å². The highest BCUT2D eigenvalue weighted by molar-refractivity contribution is 7.88. The van der Waals surface area contributed by atoms with E-state index in [0.717, 1.165) is 5.56 Å². The molecule has 3 rings (SSSR count). The number of carbonyl (C=O) groups excluding carboxylic acids is 2. The van der Waals surface area contributed by atoms with Crippen LogP contribution in [0.15, 0.2) is 48.5 Å². The summed E-state index contributed by atoms with van der Waals surface area (Å²) in [7, 11) is -3.45. The molecule has 1 aliphatic heterocycles. The second-order valence-electron chi connectivity index (χ2n) is 7.56. The number of benzene rings is 2. The fraction of sp³-hybridized carbons (Fsp3) is 0.391. The molecule has 0 aliphatic carbocycles. The van der Waals surface area contributed by atoms with Gasteiger partial charge in [-0.25, -0.2) is 8.42 Å². The van der Waals surface area contributed by atoms with Gasteiger partial charge in [0.2, 0.25) is 15.9 Å². The second-order valence-corrected chi connectivity index (χ2v) is 9.53. The number of ketones is 1. The van der Waals surface area contributed by atoms with Crippen molar-refractivity contribution >= 4 is 21.7 Å². The normalized spacial score (nSPS) is 14.8. The quantitative estimate of drug-likeness (QED) is 0.577. The zero-order valence-electron chi connectivity index (χ0n) is 18.1. The summed E-state index contributed by atoms with van der Waals surface area (Å²) >= 11 is 0. The second kappa shape index (κ2) is 10.6. The molecule has 1 aliphatic rings. The maximum absolute atomic E-state index is 12.7. The molecule has 0 saturated carbocycles. The number of phenols is 1. The number of ether oxygens (including phenoxy) is 1. The molecule has 1 N–H and O–H groups in total.